The van der Waals surface area contributed by atoms with E-state index >= 15 is 0 Å². The highest BCUT2D eigenvalue weighted by molar-refractivity contribution is 5.99. The van der Waals surface area contributed by atoms with E-state index in [9.17, 15) is 9.90 Å². The maximum atomic E-state index is 12.9. The molecular weight excluding hydrogens is 546 g/mol. The van der Waals surface area contributed by atoms with E-state index in [1.165, 1.54) is 6.20 Å². The van der Waals surface area contributed by atoms with Crippen LogP contribution in [-0.2, 0) is 5.54 Å². The molecule has 5 aromatic rings. The van der Waals surface area contributed by atoms with Crippen LogP contribution >= 0.6 is 0 Å². The number of benzene rings is 1. The minimum Gasteiger partial charge on any atom is -0.394 e. The van der Waals surface area contributed by atoms with Gasteiger partial charge in [0.15, 0.2) is 0 Å². The fraction of sp³-hybridized carbons (Fsp3) is 0.194. The maximum absolute atomic E-state index is 12.9. The van der Waals surface area contributed by atoms with Crippen molar-refractivity contribution in [2.45, 2.75) is 25.4 Å². The summed E-state index contributed by atoms with van der Waals surface area (Å²) in [5, 5.41) is 20.9. The van der Waals surface area contributed by atoms with Crippen LogP contribution in [0, 0.1) is 0 Å². The van der Waals surface area contributed by atoms with Gasteiger partial charge >= 0.3 is 0 Å². The van der Waals surface area contributed by atoms with Gasteiger partial charge in [-0.3, -0.25) is 9.78 Å². The highest BCUT2D eigenvalue weighted by atomic mass is 16.5. The van der Waals surface area contributed by atoms with Crippen LogP contribution in [0.5, 0.6) is 0 Å². The first-order chi connectivity index (χ1) is 20.9. The van der Waals surface area contributed by atoms with Crippen LogP contribution in [0.25, 0.3) is 23.0 Å². The van der Waals surface area contributed by atoms with Crippen molar-refractivity contribution in [2.75, 3.05) is 23.8 Å². The van der Waals surface area contributed by atoms with E-state index in [0.29, 0.717) is 46.4 Å². The molecule has 216 valence electrons. The summed E-state index contributed by atoms with van der Waals surface area (Å²) in [5.74, 6) is 1.12. The minimum absolute atomic E-state index is 0.138. The van der Waals surface area contributed by atoms with Gasteiger partial charge in [-0.25, -0.2) is 15.0 Å². The van der Waals surface area contributed by atoms with Gasteiger partial charge in [-0.2, -0.15) is 4.98 Å². The van der Waals surface area contributed by atoms with E-state index in [1.807, 2.05) is 56.3 Å². The largest absolute Gasteiger partial charge is 0.394 e. The highest BCUT2D eigenvalue weighted by Crippen LogP contribution is 2.38. The Morgan fingerprint density at radius 2 is 1.84 bits per heavy atom. The molecule has 1 aromatic carbocycles. The van der Waals surface area contributed by atoms with Gasteiger partial charge in [0, 0.05) is 31.2 Å². The minimum atomic E-state index is -0.642. The van der Waals surface area contributed by atoms with Crippen molar-refractivity contribution in [3.8, 4) is 23.0 Å². The van der Waals surface area contributed by atoms with Gasteiger partial charge < -0.3 is 25.2 Å². The molecule has 0 spiro atoms. The second-order valence-electron chi connectivity index (χ2n) is 10.4. The third-order valence-corrected chi connectivity index (χ3v) is 7.24. The van der Waals surface area contributed by atoms with Crippen LogP contribution in [0.4, 0.5) is 17.5 Å². The van der Waals surface area contributed by atoms with Crippen molar-refractivity contribution in [1.82, 2.24) is 35.0 Å². The zero-order valence-corrected chi connectivity index (χ0v) is 23.6. The first-order valence-electron chi connectivity index (χ1n) is 13.6. The molecule has 1 amide bonds. The molecule has 1 atom stereocenters. The number of hydrogen-bond acceptors (Lipinski definition) is 11. The lowest BCUT2D eigenvalue weighted by molar-refractivity contribution is 0.0649. The highest BCUT2D eigenvalue weighted by Gasteiger charge is 2.44. The molecule has 0 saturated carbocycles. The summed E-state index contributed by atoms with van der Waals surface area (Å²) in [5.41, 5.74) is 2.98. The lowest BCUT2D eigenvalue weighted by atomic mass is 10.0. The van der Waals surface area contributed by atoms with Crippen molar-refractivity contribution in [3.05, 3.63) is 103 Å². The van der Waals surface area contributed by atoms with Crippen LogP contribution in [0.2, 0.25) is 0 Å². The van der Waals surface area contributed by atoms with Crippen molar-refractivity contribution in [1.29, 1.82) is 0 Å². The number of pyridine rings is 2. The Morgan fingerprint density at radius 3 is 2.58 bits per heavy atom. The summed E-state index contributed by atoms with van der Waals surface area (Å²) in [4.78, 5) is 37.1. The summed E-state index contributed by atoms with van der Waals surface area (Å²) in [6, 6.07) is 16.3. The first kappa shape index (κ1) is 27.7. The van der Waals surface area contributed by atoms with Crippen LogP contribution in [0.3, 0.4) is 0 Å². The number of nitrogens with one attached hydrogen (secondary N) is 2. The molecule has 4 aromatic heterocycles. The van der Waals surface area contributed by atoms with E-state index in [0.717, 1.165) is 5.56 Å². The third kappa shape index (κ3) is 5.31. The molecule has 1 aliphatic rings. The summed E-state index contributed by atoms with van der Waals surface area (Å²) < 4.78 is 5.61. The molecule has 6 rings (SSSR count). The number of aromatic nitrogens is 6. The molecule has 0 radical (unpaired) electrons. The molecule has 0 bridgehead atoms. The Morgan fingerprint density at radius 1 is 1.05 bits per heavy atom. The standard InChI is InChI=1S/C31H29N9O3/c1-4-14-40-29(42)21-17-34-30(37-26(21)31(40,2)3)36-25-15-23(35-24(18-41)19-10-6-5-7-11-19)20(16-33-25)28-38-27(39-43-28)22-12-8-9-13-32-22/h4-13,15-17,24,41H,1,14,18H2,2-3H3,(H2,33,34,35,36,37)/t24-/m1/s1. The molecule has 5 heterocycles. The van der Waals surface area contributed by atoms with E-state index in [4.69, 9.17) is 4.52 Å². The van der Waals surface area contributed by atoms with Gasteiger partial charge in [0.1, 0.15) is 11.5 Å². The van der Waals surface area contributed by atoms with Gasteiger partial charge in [-0.15, -0.1) is 6.58 Å². The Labute approximate surface area is 247 Å². The molecule has 0 aliphatic carbocycles. The fourth-order valence-electron chi connectivity index (χ4n) is 5.00. The number of rotatable bonds is 10. The molecule has 12 nitrogen and oxygen atoms in total. The van der Waals surface area contributed by atoms with Crippen LogP contribution in [-0.4, -0.2) is 59.1 Å². The number of carbonyl (C=O) groups excluding carboxylic acids is 1. The summed E-state index contributed by atoms with van der Waals surface area (Å²) in [6.07, 6.45) is 6.46. The van der Waals surface area contributed by atoms with Crippen LogP contribution < -0.4 is 10.6 Å². The van der Waals surface area contributed by atoms with Gasteiger partial charge in [0.05, 0.1) is 40.7 Å². The maximum Gasteiger partial charge on any atom is 0.261 e. The van der Waals surface area contributed by atoms with Crippen molar-refractivity contribution in [3.63, 3.8) is 0 Å². The number of carbonyl (C=O) groups is 1. The van der Waals surface area contributed by atoms with E-state index < -0.39 is 11.6 Å². The molecule has 12 heteroatoms. The van der Waals surface area contributed by atoms with Gasteiger partial charge in [0.2, 0.25) is 11.8 Å². The molecule has 0 unspecified atom stereocenters. The number of fused-ring (bicyclic) bond motifs is 1. The normalized spacial score (nSPS) is 14.3. The van der Waals surface area contributed by atoms with Crippen LogP contribution in [0.15, 0.2) is 90.4 Å². The van der Waals surface area contributed by atoms with Crippen molar-refractivity contribution < 1.29 is 14.4 Å². The fourth-order valence-corrected chi connectivity index (χ4v) is 5.00. The SMILES string of the molecule is C=CCN1C(=O)c2cnc(Nc3cc(N[C@H](CO)c4ccccc4)c(-c4nc(-c5ccccn5)no4)cn3)nc2C1(C)C. The quantitative estimate of drug-likeness (QED) is 0.198. The molecular formula is C31H29N9O3. The van der Waals surface area contributed by atoms with Crippen molar-refractivity contribution in [2.24, 2.45) is 0 Å². The number of nitrogens with zero attached hydrogens (tertiary/aromatic N) is 7. The average molecular weight is 576 g/mol. The Balaban J connectivity index is 1.35. The Kier molecular flexibility index (Phi) is 7.34. The molecule has 1 aliphatic heterocycles. The molecule has 3 N–H and O–H groups in total. The Bertz CT molecular complexity index is 1770. The monoisotopic (exact) mass is 575 g/mol. The number of amides is 1. The first-order valence-corrected chi connectivity index (χ1v) is 13.6. The second-order valence-corrected chi connectivity index (χ2v) is 10.4. The van der Waals surface area contributed by atoms with Gasteiger partial charge in [-0.05, 0) is 31.5 Å². The number of anilines is 3. The number of aliphatic hydroxyl groups excluding tert-OH is 1. The van der Waals surface area contributed by atoms with Crippen LogP contribution in [0.1, 0.15) is 41.5 Å². The molecule has 0 fully saturated rings. The third-order valence-electron chi connectivity index (χ3n) is 7.24. The summed E-state index contributed by atoms with van der Waals surface area (Å²) >= 11 is 0. The predicted octanol–water partition coefficient (Wildman–Crippen LogP) is 4.75. The lowest BCUT2D eigenvalue weighted by Crippen LogP contribution is -2.39. The average Bonchev–Trinajstić information content (AvgIpc) is 3.59. The lowest BCUT2D eigenvalue weighted by Gasteiger charge is -2.30. The second kappa shape index (κ2) is 11.4. The number of aliphatic hydroxyl groups is 1. The Hall–Kier alpha value is -5.49. The predicted molar refractivity (Wildman–Crippen MR) is 160 cm³/mol. The zero-order chi connectivity index (χ0) is 30.0. The topological polar surface area (TPSA) is 155 Å². The smallest absolute Gasteiger partial charge is 0.261 e. The molecule has 0 saturated heterocycles. The van der Waals surface area contributed by atoms with E-state index in [-0.39, 0.29) is 24.4 Å². The zero-order valence-electron chi connectivity index (χ0n) is 23.6. The van der Waals surface area contributed by atoms with Gasteiger partial charge in [-0.1, -0.05) is 47.6 Å². The number of hydrogen-bond donors (Lipinski definition) is 3. The van der Waals surface area contributed by atoms with Gasteiger partial charge in [0.25, 0.3) is 11.8 Å². The van der Waals surface area contributed by atoms with E-state index in [2.05, 4.69) is 47.3 Å². The van der Waals surface area contributed by atoms with E-state index in [1.54, 1.807) is 35.5 Å². The van der Waals surface area contributed by atoms with Crippen molar-refractivity contribution >= 4 is 23.4 Å². The molecule has 43 heavy (non-hydrogen) atoms. The summed E-state index contributed by atoms with van der Waals surface area (Å²) in [7, 11) is 0. The summed E-state index contributed by atoms with van der Waals surface area (Å²) in [6.45, 7) is 7.87.